The standard InChI is InChI=1S/C11H19NO3/c1-15-6-10(13)5-12-11(14)9-3-7-2-8(7)4-9/h7-10,13H,2-6H2,1H3,(H,12,14). The second kappa shape index (κ2) is 4.49. The third kappa shape index (κ3) is 2.69. The Labute approximate surface area is 90.0 Å². The van der Waals surface area contributed by atoms with Crippen LogP contribution in [0.1, 0.15) is 19.3 Å². The topological polar surface area (TPSA) is 58.6 Å². The average molecular weight is 213 g/mol. The monoisotopic (exact) mass is 213 g/mol. The molecule has 3 unspecified atom stereocenters. The summed E-state index contributed by atoms with van der Waals surface area (Å²) in [6, 6.07) is 0. The zero-order valence-corrected chi connectivity index (χ0v) is 9.11. The van der Waals surface area contributed by atoms with E-state index in [0.717, 1.165) is 24.7 Å². The number of aliphatic hydroxyl groups is 1. The van der Waals surface area contributed by atoms with Gasteiger partial charge >= 0.3 is 0 Å². The first kappa shape index (κ1) is 10.9. The van der Waals surface area contributed by atoms with Gasteiger partial charge in [0, 0.05) is 19.6 Å². The Kier molecular flexibility index (Phi) is 3.26. The maximum atomic E-state index is 11.7. The second-order valence-corrected chi connectivity index (χ2v) is 4.78. The molecular weight excluding hydrogens is 194 g/mol. The number of carbonyl (C=O) groups excluding carboxylic acids is 1. The number of aliphatic hydroxyl groups excluding tert-OH is 1. The molecule has 2 fully saturated rings. The van der Waals surface area contributed by atoms with Crippen LogP contribution in [-0.2, 0) is 9.53 Å². The smallest absolute Gasteiger partial charge is 0.223 e. The van der Waals surface area contributed by atoms with Gasteiger partial charge in [0.1, 0.15) is 0 Å². The molecule has 0 aromatic heterocycles. The van der Waals surface area contributed by atoms with Gasteiger partial charge in [0.25, 0.3) is 0 Å². The summed E-state index contributed by atoms with van der Waals surface area (Å²) in [7, 11) is 1.54. The number of hydrogen-bond acceptors (Lipinski definition) is 3. The number of rotatable bonds is 5. The van der Waals surface area contributed by atoms with E-state index in [1.54, 1.807) is 0 Å². The third-order valence-electron chi connectivity index (χ3n) is 3.49. The van der Waals surface area contributed by atoms with Gasteiger partial charge in [-0.15, -0.1) is 0 Å². The van der Waals surface area contributed by atoms with Gasteiger partial charge in [-0.1, -0.05) is 0 Å². The lowest BCUT2D eigenvalue weighted by Crippen LogP contribution is -2.37. The summed E-state index contributed by atoms with van der Waals surface area (Å²) in [4.78, 5) is 11.7. The Morgan fingerprint density at radius 2 is 2.13 bits per heavy atom. The van der Waals surface area contributed by atoms with Gasteiger partial charge in [-0.3, -0.25) is 4.79 Å². The molecule has 0 aliphatic heterocycles. The van der Waals surface area contributed by atoms with E-state index in [1.165, 1.54) is 13.5 Å². The number of amides is 1. The van der Waals surface area contributed by atoms with E-state index >= 15 is 0 Å². The van der Waals surface area contributed by atoms with Crippen molar-refractivity contribution in [3.05, 3.63) is 0 Å². The normalized spacial score (nSPS) is 34.7. The van der Waals surface area contributed by atoms with Crippen LogP contribution in [0.5, 0.6) is 0 Å². The van der Waals surface area contributed by atoms with Crippen molar-refractivity contribution in [2.24, 2.45) is 17.8 Å². The number of carbonyl (C=O) groups is 1. The maximum Gasteiger partial charge on any atom is 0.223 e. The van der Waals surface area contributed by atoms with E-state index in [9.17, 15) is 9.90 Å². The Bertz CT molecular complexity index is 234. The molecule has 0 bridgehead atoms. The molecule has 15 heavy (non-hydrogen) atoms. The number of hydrogen-bond donors (Lipinski definition) is 2. The molecule has 2 rings (SSSR count). The predicted octanol–water partition coefficient (Wildman–Crippen LogP) is 0.156. The van der Waals surface area contributed by atoms with E-state index in [4.69, 9.17) is 4.74 Å². The lowest BCUT2D eigenvalue weighted by atomic mass is 10.0. The van der Waals surface area contributed by atoms with Crippen molar-refractivity contribution in [3.63, 3.8) is 0 Å². The fourth-order valence-electron chi connectivity index (χ4n) is 2.54. The molecule has 4 heteroatoms. The average Bonchev–Trinajstić information content (AvgIpc) is 2.83. The molecule has 2 aliphatic carbocycles. The molecule has 3 atom stereocenters. The minimum absolute atomic E-state index is 0.109. The fourth-order valence-corrected chi connectivity index (χ4v) is 2.54. The Morgan fingerprint density at radius 1 is 1.47 bits per heavy atom. The summed E-state index contributed by atoms with van der Waals surface area (Å²) >= 11 is 0. The molecule has 2 aliphatic rings. The maximum absolute atomic E-state index is 11.7. The lowest BCUT2D eigenvalue weighted by Gasteiger charge is -2.14. The zero-order valence-electron chi connectivity index (χ0n) is 9.11. The van der Waals surface area contributed by atoms with Gasteiger partial charge < -0.3 is 15.2 Å². The number of ether oxygens (including phenoxy) is 1. The van der Waals surface area contributed by atoms with Crippen LogP contribution in [-0.4, -0.2) is 37.4 Å². The number of methoxy groups -OCH3 is 1. The van der Waals surface area contributed by atoms with Gasteiger partial charge in [-0.25, -0.2) is 0 Å². The molecule has 2 N–H and O–H groups in total. The first-order valence-electron chi connectivity index (χ1n) is 5.65. The summed E-state index contributed by atoms with van der Waals surface area (Å²) in [6.45, 7) is 0.578. The van der Waals surface area contributed by atoms with Crippen molar-refractivity contribution in [2.75, 3.05) is 20.3 Å². The molecule has 86 valence electrons. The van der Waals surface area contributed by atoms with Crippen molar-refractivity contribution < 1.29 is 14.6 Å². The summed E-state index contributed by atoms with van der Waals surface area (Å²) in [6.07, 6.45) is 2.85. The Balaban J connectivity index is 1.64. The molecule has 4 nitrogen and oxygen atoms in total. The number of nitrogens with one attached hydrogen (secondary N) is 1. The zero-order chi connectivity index (χ0) is 10.8. The van der Waals surface area contributed by atoms with Crippen molar-refractivity contribution in [2.45, 2.75) is 25.4 Å². The van der Waals surface area contributed by atoms with Crippen LogP contribution in [0.4, 0.5) is 0 Å². The van der Waals surface area contributed by atoms with E-state index in [2.05, 4.69) is 5.32 Å². The van der Waals surface area contributed by atoms with Crippen molar-refractivity contribution in [1.29, 1.82) is 0 Å². The van der Waals surface area contributed by atoms with Crippen molar-refractivity contribution in [3.8, 4) is 0 Å². The second-order valence-electron chi connectivity index (χ2n) is 4.78. The minimum Gasteiger partial charge on any atom is -0.389 e. The van der Waals surface area contributed by atoms with Crippen molar-refractivity contribution in [1.82, 2.24) is 5.32 Å². The van der Waals surface area contributed by atoms with Crippen LogP contribution in [0.15, 0.2) is 0 Å². The third-order valence-corrected chi connectivity index (χ3v) is 3.49. The van der Waals surface area contributed by atoms with Gasteiger partial charge in [-0.05, 0) is 31.1 Å². The summed E-state index contributed by atoms with van der Waals surface area (Å²) in [5, 5.41) is 12.1. The first-order valence-corrected chi connectivity index (χ1v) is 5.65. The summed E-state index contributed by atoms with van der Waals surface area (Å²) in [5.74, 6) is 1.95. The highest BCUT2D eigenvalue weighted by Gasteiger charge is 2.47. The van der Waals surface area contributed by atoms with Crippen LogP contribution in [0.3, 0.4) is 0 Å². The summed E-state index contributed by atoms with van der Waals surface area (Å²) < 4.78 is 4.78. The largest absolute Gasteiger partial charge is 0.389 e. The molecule has 0 saturated heterocycles. The highest BCUT2D eigenvalue weighted by atomic mass is 16.5. The SMILES string of the molecule is COCC(O)CNC(=O)C1CC2CC2C1. The molecule has 0 spiro atoms. The van der Waals surface area contributed by atoms with Gasteiger partial charge in [0.2, 0.25) is 5.91 Å². The molecule has 0 aromatic carbocycles. The van der Waals surface area contributed by atoms with Crippen LogP contribution in [0.2, 0.25) is 0 Å². The predicted molar refractivity (Wildman–Crippen MR) is 55.2 cm³/mol. The molecular formula is C11H19NO3. The lowest BCUT2D eigenvalue weighted by molar-refractivity contribution is -0.125. The van der Waals surface area contributed by atoms with Gasteiger partial charge in [-0.2, -0.15) is 0 Å². The van der Waals surface area contributed by atoms with Crippen LogP contribution < -0.4 is 5.32 Å². The fraction of sp³-hybridized carbons (Fsp3) is 0.909. The molecule has 2 saturated carbocycles. The van der Waals surface area contributed by atoms with Crippen molar-refractivity contribution >= 4 is 5.91 Å². The molecule has 0 radical (unpaired) electrons. The van der Waals surface area contributed by atoms with E-state index < -0.39 is 6.10 Å². The minimum atomic E-state index is -0.588. The van der Waals surface area contributed by atoms with Gasteiger partial charge in [0.05, 0.1) is 12.7 Å². The molecule has 0 heterocycles. The van der Waals surface area contributed by atoms with E-state index in [0.29, 0.717) is 6.54 Å². The molecule has 1 amide bonds. The highest BCUT2D eigenvalue weighted by molar-refractivity contribution is 5.79. The number of fused-ring (bicyclic) bond motifs is 1. The Hall–Kier alpha value is -0.610. The van der Waals surface area contributed by atoms with Crippen LogP contribution in [0.25, 0.3) is 0 Å². The van der Waals surface area contributed by atoms with E-state index in [-0.39, 0.29) is 18.4 Å². The van der Waals surface area contributed by atoms with Crippen LogP contribution >= 0.6 is 0 Å². The quantitative estimate of drug-likeness (QED) is 0.683. The first-order chi connectivity index (χ1) is 7.20. The molecule has 0 aromatic rings. The van der Waals surface area contributed by atoms with Gasteiger partial charge in [0.15, 0.2) is 0 Å². The Morgan fingerprint density at radius 3 is 2.73 bits per heavy atom. The summed E-state index contributed by atoms with van der Waals surface area (Å²) in [5.41, 5.74) is 0. The van der Waals surface area contributed by atoms with E-state index in [1.807, 2.05) is 0 Å². The van der Waals surface area contributed by atoms with Crippen LogP contribution in [0, 0.1) is 17.8 Å². The highest BCUT2D eigenvalue weighted by Crippen LogP contribution is 2.54.